The number of aromatic nitrogens is 2. The van der Waals surface area contributed by atoms with E-state index in [1.165, 1.54) is 4.57 Å². The van der Waals surface area contributed by atoms with E-state index in [1.807, 2.05) is 41.5 Å². The van der Waals surface area contributed by atoms with Crippen LogP contribution in [0.4, 0.5) is 0 Å². The van der Waals surface area contributed by atoms with Gasteiger partial charge in [0.2, 0.25) is 0 Å². The quantitative estimate of drug-likeness (QED) is 0.829. The van der Waals surface area contributed by atoms with E-state index < -0.39 is 0 Å². The Labute approximate surface area is 108 Å². The van der Waals surface area contributed by atoms with Crippen molar-refractivity contribution in [2.75, 3.05) is 0 Å². The summed E-state index contributed by atoms with van der Waals surface area (Å²) in [7, 11) is 1.56. The molecule has 0 atom stereocenters. The third-order valence-corrected chi connectivity index (χ3v) is 3.20. The van der Waals surface area contributed by atoms with E-state index in [-0.39, 0.29) is 29.1 Å². The Bertz CT molecular complexity index is 505. The lowest BCUT2D eigenvalue weighted by Crippen LogP contribution is -2.43. The van der Waals surface area contributed by atoms with Crippen LogP contribution in [0.2, 0.25) is 0 Å². The Balaban J connectivity index is 3.94. The second-order valence-electron chi connectivity index (χ2n) is 5.72. The molecule has 0 radical (unpaired) electrons. The molecule has 1 aromatic rings. The van der Waals surface area contributed by atoms with Crippen LogP contribution in [0.5, 0.6) is 0 Å². The van der Waals surface area contributed by atoms with Crippen molar-refractivity contribution in [3.05, 3.63) is 32.1 Å². The van der Waals surface area contributed by atoms with Crippen molar-refractivity contribution in [2.24, 2.45) is 7.05 Å². The van der Waals surface area contributed by atoms with E-state index in [1.54, 1.807) is 11.6 Å². The van der Waals surface area contributed by atoms with E-state index in [0.29, 0.717) is 0 Å². The molecule has 0 aliphatic rings. The Morgan fingerprint density at radius 1 is 0.889 bits per heavy atom. The van der Waals surface area contributed by atoms with Crippen molar-refractivity contribution in [1.82, 2.24) is 9.13 Å². The number of nitrogens with zero attached hydrogens (tertiary/aromatic N) is 2. The van der Waals surface area contributed by atoms with Gasteiger partial charge < -0.3 is 0 Å². The molecule has 4 heteroatoms. The second kappa shape index (κ2) is 5.12. The Hall–Kier alpha value is -1.32. The summed E-state index contributed by atoms with van der Waals surface area (Å²) < 4.78 is 2.97. The highest BCUT2D eigenvalue weighted by atomic mass is 16.2. The van der Waals surface area contributed by atoms with Gasteiger partial charge in [-0.05, 0) is 25.7 Å². The van der Waals surface area contributed by atoms with Crippen molar-refractivity contribution < 1.29 is 0 Å². The van der Waals surface area contributed by atoms with Crippen molar-refractivity contribution in [3.8, 4) is 0 Å². The van der Waals surface area contributed by atoms with Gasteiger partial charge in [0.25, 0.3) is 5.56 Å². The first-order valence-electron chi connectivity index (χ1n) is 6.55. The van der Waals surface area contributed by atoms with Gasteiger partial charge in [0, 0.05) is 24.3 Å². The molecule has 4 nitrogen and oxygen atoms in total. The molecular formula is C14H24N2O2. The van der Waals surface area contributed by atoms with Crippen molar-refractivity contribution in [3.63, 3.8) is 0 Å². The molecule has 0 aromatic carbocycles. The minimum atomic E-state index is -0.219. The molecule has 0 spiro atoms. The highest BCUT2D eigenvalue weighted by Gasteiger charge is 2.22. The minimum absolute atomic E-state index is 0.0548. The van der Waals surface area contributed by atoms with Gasteiger partial charge in [-0.2, -0.15) is 0 Å². The van der Waals surface area contributed by atoms with E-state index in [4.69, 9.17) is 0 Å². The van der Waals surface area contributed by atoms with E-state index >= 15 is 0 Å². The predicted molar refractivity (Wildman–Crippen MR) is 74.5 cm³/mol. The fourth-order valence-corrected chi connectivity index (χ4v) is 2.40. The summed E-state index contributed by atoms with van der Waals surface area (Å²) in [6, 6.07) is 0.0548. The lowest BCUT2D eigenvalue weighted by atomic mass is 9.95. The number of hydrogen-bond acceptors (Lipinski definition) is 2. The van der Waals surface area contributed by atoms with Crippen LogP contribution in [-0.4, -0.2) is 9.13 Å². The zero-order chi connectivity index (χ0) is 14.2. The lowest BCUT2D eigenvalue weighted by Gasteiger charge is -2.24. The van der Waals surface area contributed by atoms with Gasteiger partial charge in [-0.15, -0.1) is 0 Å². The van der Waals surface area contributed by atoms with E-state index in [2.05, 4.69) is 0 Å². The minimum Gasteiger partial charge on any atom is -0.295 e. The first-order valence-corrected chi connectivity index (χ1v) is 6.55. The summed E-state index contributed by atoms with van der Waals surface area (Å²) in [6.07, 6.45) is 0. The van der Waals surface area contributed by atoms with E-state index in [9.17, 15) is 9.59 Å². The molecule has 0 bridgehead atoms. The summed E-state index contributed by atoms with van der Waals surface area (Å²) in [5.74, 6) is 0.276. The summed E-state index contributed by atoms with van der Waals surface area (Å²) in [5, 5.41) is 0. The van der Waals surface area contributed by atoms with Gasteiger partial charge in [0.1, 0.15) is 0 Å². The second-order valence-corrected chi connectivity index (χ2v) is 5.72. The first-order chi connectivity index (χ1) is 8.20. The van der Waals surface area contributed by atoms with Gasteiger partial charge >= 0.3 is 5.69 Å². The van der Waals surface area contributed by atoms with Crippen molar-refractivity contribution in [2.45, 2.75) is 59.4 Å². The SMILES string of the molecule is CC(C)c1c(C(C)C)n(C(C)C)c(=O)n(C)c1=O. The molecule has 0 aliphatic carbocycles. The Kier molecular flexibility index (Phi) is 4.20. The average molecular weight is 252 g/mol. The molecule has 0 saturated heterocycles. The van der Waals surface area contributed by atoms with Crippen LogP contribution in [0.3, 0.4) is 0 Å². The lowest BCUT2D eigenvalue weighted by molar-refractivity contribution is 0.483. The summed E-state index contributed by atoms with van der Waals surface area (Å²) in [5.41, 5.74) is 1.27. The van der Waals surface area contributed by atoms with Crippen LogP contribution in [0, 0.1) is 0 Å². The molecule has 0 amide bonds. The molecule has 0 fully saturated rings. The molecular weight excluding hydrogens is 228 g/mol. The molecule has 0 unspecified atom stereocenters. The largest absolute Gasteiger partial charge is 0.331 e. The van der Waals surface area contributed by atoms with Gasteiger partial charge in [0.05, 0.1) is 0 Å². The smallest absolute Gasteiger partial charge is 0.295 e. The molecule has 0 saturated carbocycles. The number of rotatable bonds is 3. The molecule has 1 heterocycles. The Morgan fingerprint density at radius 3 is 1.72 bits per heavy atom. The normalized spacial score (nSPS) is 11.9. The maximum Gasteiger partial charge on any atom is 0.331 e. The predicted octanol–water partition coefficient (Wildman–Crippen LogP) is 2.37. The molecule has 0 N–H and O–H groups in total. The van der Waals surface area contributed by atoms with Crippen molar-refractivity contribution in [1.29, 1.82) is 0 Å². The molecule has 0 aliphatic heterocycles. The maximum absolute atomic E-state index is 12.3. The van der Waals surface area contributed by atoms with Crippen molar-refractivity contribution >= 4 is 0 Å². The molecule has 18 heavy (non-hydrogen) atoms. The highest BCUT2D eigenvalue weighted by Crippen LogP contribution is 2.24. The highest BCUT2D eigenvalue weighted by molar-refractivity contribution is 5.25. The van der Waals surface area contributed by atoms with Crippen LogP contribution in [0.1, 0.15) is 70.7 Å². The maximum atomic E-state index is 12.3. The van der Waals surface area contributed by atoms with Crippen LogP contribution in [0.15, 0.2) is 9.59 Å². The Morgan fingerprint density at radius 2 is 1.39 bits per heavy atom. The first kappa shape index (κ1) is 14.7. The third kappa shape index (κ3) is 2.28. The fraction of sp³-hybridized carbons (Fsp3) is 0.714. The van der Waals surface area contributed by atoms with Crippen LogP contribution in [-0.2, 0) is 7.05 Å². The molecule has 1 rings (SSSR count). The number of hydrogen-bond donors (Lipinski definition) is 0. The van der Waals surface area contributed by atoms with Gasteiger partial charge in [0.15, 0.2) is 0 Å². The van der Waals surface area contributed by atoms with E-state index in [0.717, 1.165) is 11.3 Å². The summed E-state index contributed by atoms with van der Waals surface area (Å²) >= 11 is 0. The van der Waals surface area contributed by atoms with Crippen LogP contribution in [0.25, 0.3) is 0 Å². The topological polar surface area (TPSA) is 44.0 Å². The zero-order valence-electron chi connectivity index (χ0n) is 12.4. The monoisotopic (exact) mass is 252 g/mol. The fourth-order valence-electron chi connectivity index (χ4n) is 2.40. The summed E-state index contributed by atoms with van der Waals surface area (Å²) in [4.78, 5) is 24.5. The van der Waals surface area contributed by atoms with Gasteiger partial charge in [-0.25, -0.2) is 4.79 Å². The molecule has 102 valence electrons. The zero-order valence-corrected chi connectivity index (χ0v) is 12.4. The average Bonchev–Trinajstić information content (AvgIpc) is 2.23. The third-order valence-electron chi connectivity index (χ3n) is 3.20. The van der Waals surface area contributed by atoms with Gasteiger partial charge in [-0.1, -0.05) is 27.7 Å². The summed E-state index contributed by atoms with van der Waals surface area (Å²) in [6.45, 7) is 12.0. The van der Waals surface area contributed by atoms with Crippen LogP contribution >= 0.6 is 0 Å². The van der Waals surface area contributed by atoms with Crippen LogP contribution < -0.4 is 11.2 Å². The molecule has 1 aromatic heterocycles. The van der Waals surface area contributed by atoms with Gasteiger partial charge in [-0.3, -0.25) is 13.9 Å². The standard InChI is InChI=1S/C14H24N2O2/c1-8(2)11-12(9(3)4)16(10(5)6)14(18)15(7)13(11)17/h8-10H,1-7H3.